The van der Waals surface area contributed by atoms with Crippen molar-refractivity contribution in [3.8, 4) is 11.1 Å². The van der Waals surface area contributed by atoms with E-state index in [1.54, 1.807) is 11.3 Å². The van der Waals surface area contributed by atoms with E-state index in [0.29, 0.717) is 17.8 Å². The maximum Gasteiger partial charge on any atom is 0.260 e. The molecule has 2 atom stereocenters. The van der Waals surface area contributed by atoms with Gasteiger partial charge in [0.15, 0.2) is 0 Å². The minimum atomic E-state index is -0.0640. The molecular weight excluding hydrogens is 418 g/mol. The van der Waals surface area contributed by atoms with Crippen molar-refractivity contribution in [2.45, 2.75) is 39.5 Å². The van der Waals surface area contributed by atoms with Crippen LogP contribution in [0.2, 0.25) is 0 Å². The quantitative estimate of drug-likeness (QED) is 0.467. The molecule has 3 heterocycles. The van der Waals surface area contributed by atoms with Gasteiger partial charge >= 0.3 is 0 Å². The molecular formula is C26H27N3O2S. The van der Waals surface area contributed by atoms with Crippen LogP contribution in [0.3, 0.4) is 0 Å². The van der Waals surface area contributed by atoms with E-state index < -0.39 is 0 Å². The number of fused-ring (bicyclic) bond motifs is 1. The van der Waals surface area contributed by atoms with Gasteiger partial charge in [0.25, 0.3) is 5.56 Å². The van der Waals surface area contributed by atoms with Crippen molar-refractivity contribution in [3.05, 3.63) is 86.8 Å². The van der Waals surface area contributed by atoms with Crippen LogP contribution in [0, 0.1) is 13.8 Å². The van der Waals surface area contributed by atoms with Gasteiger partial charge in [0.2, 0.25) is 0 Å². The molecule has 0 amide bonds. The summed E-state index contributed by atoms with van der Waals surface area (Å²) in [5.74, 6) is 0.708. The highest BCUT2D eigenvalue weighted by Crippen LogP contribution is 2.35. The molecule has 164 valence electrons. The van der Waals surface area contributed by atoms with E-state index in [2.05, 4.69) is 67.1 Å². The Morgan fingerprint density at radius 1 is 1.09 bits per heavy atom. The number of ether oxygens (including phenoxy) is 1. The zero-order valence-corrected chi connectivity index (χ0v) is 19.4. The Bertz CT molecular complexity index is 1290. The minimum Gasteiger partial charge on any atom is -0.368 e. The van der Waals surface area contributed by atoms with Gasteiger partial charge in [-0.2, -0.15) is 0 Å². The Kier molecular flexibility index (Phi) is 5.67. The number of aromatic nitrogens is 2. The van der Waals surface area contributed by atoms with Crippen molar-refractivity contribution in [2.24, 2.45) is 0 Å². The third-order valence-corrected chi connectivity index (χ3v) is 7.01. The van der Waals surface area contributed by atoms with Crippen LogP contribution in [-0.2, 0) is 11.3 Å². The highest BCUT2D eigenvalue weighted by atomic mass is 32.1. The highest BCUT2D eigenvalue weighted by Gasteiger charge is 2.27. The highest BCUT2D eigenvalue weighted by molar-refractivity contribution is 7.19. The van der Waals surface area contributed by atoms with E-state index in [1.165, 1.54) is 11.1 Å². The van der Waals surface area contributed by atoms with Crippen LogP contribution < -0.4 is 5.56 Å². The number of nitrogens with zero attached hydrogens (tertiary/aromatic N) is 2. The number of morpholine rings is 1. The Labute approximate surface area is 191 Å². The number of nitrogens with one attached hydrogen (secondary N) is 1. The van der Waals surface area contributed by atoms with Gasteiger partial charge in [0.1, 0.15) is 10.7 Å². The molecule has 32 heavy (non-hydrogen) atoms. The topological polar surface area (TPSA) is 58.2 Å². The summed E-state index contributed by atoms with van der Waals surface area (Å²) in [5.41, 5.74) is 4.37. The third kappa shape index (κ3) is 4.13. The van der Waals surface area contributed by atoms with Crippen LogP contribution in [-0.4, -0.2) is 34.1 Å². The Morgan fingerprint density at radius 3 is 2.59 bits per heavy atom. The van der Waals surface area contributed by atoms with E-state index in [9.17, 15) is 4.79 Å². The second kappa shape index (κ2) is 8.62. The maximum absolute atomic E-state index is 13.1. The molecule has 1 aliphatic heterocycles. The van der Waals surface area contributed by atoms with Crippen LogP contribution in [0.5, 0.6) is 0 Å². The lowest BCUT2D eigenvalue weighted by Gasteiger charge is -2.36. The smallest absolute Gasteiger partial charge is 0.260 e. The van der Waals surface area contributed by atoms with Gasteiger partial charge in [0, 0.05) is 23.5 Å². The molecule has 2 unspecified atom stereocenters. The van der Waals surface area contributed by atoms with Gasteiger partial charge in [-0.3, -0.25) is 9.69 Å². The third-order valence-electron chi connectivity index (χ3n) is 6.01. The van der Waals surface area contributed by atoms with Gasteiger partial charge in [-0.05, 0) is 31.9 Å². The fourth-order valence-corrected chi connectivity index (χ4v) is 5.60. The first kappa shape index (κ1) is 21.1. The lowest BCUT2D eigenvalue weighted by atomic mass is 10.0. The number of aromatic amines is 1. The standard InChI is InChI=1S/C26H27N3O2S/c1-16-9-11-20(12-10-16)23-18(3)32-26-24(23)25(30)27-22(28-26)15-29-13-17(2)31-21(14-29)19-7-5-4-6-8-19/h4-12,17,21H,13-15H2,1-3H3,(H,27,28,30). The van der Waals surface area contributed by atoms with E-state index in [0.717, 1.165) is 33.9 Å². The largest absolute Gasteiger partial charge is 0.368 e. The Morgan fingerprint density at radius 2 is 1.84 bits per heavy atom. The Balaban J connectivity index is 1.44. The number of benzene rings is 2. The summed E-state index contributed by atoms with van der Waals surface area (Å²) in [5, 5.41) is 0.692. The average Bonchev–Trinajstić information content (AvgIpc) is 3.11. The molecule has 0 saturated carbocycles. The fourth-order valence-electron chi connectivity index (χ4n) is 4.54. The van der Waals surface area contributed by atoms with E-state index in [4.69, 9.17) is 9.72 Å². The van der Waals surface area contributed by atoms with Gasteiger partial charge in [0.05, 0.1) is 24.1 Å². The van der Waals surface area contributed by atoms with Crippen molar-refractivity contribution in [1.29, 1.82) is 0 Å². The molecule has 1 N–H and O–H groups in total. The van der Waals surface area contributed by atoms with Crippen molar-refractivity contribution in [2.75, 3.05) is 13.1 Å². The zero-order chi connectivity index (χ0) is 22.2. The second-order valence-electron chi connectivity index (χ2n) is 8.63. The summed E-state index contributed by atoms with van der Waals surface area (Å²) in [7, 11) is 0. The SMILES string of the molecule is Cc1ccc(-c2c(C)sc3nc(CN4CC(C)OC(c5ccccc5)C4)[nH]c(=O)c23)cc1. The second-order valence-corrected chi connectivity index (χ2v) is 9.84. The van der Waals surface area contributed by atoms with Gasteiger partial charge in [-0.25, -0.2) is 4.98 Å². The number of thiophene rings is 1. The van der Waals surface area contributed by atoms with E-state index in [-0.39, 0.29) is 17.8 Å². The molecule has 2 aromatic carbocycles. The maximum atomic E-state index is 13.1. The van der Waals surface area contributed by atoms with Crippen LogP contribution in [0.1, 0.15) is 34.9 Å². The number of hydrogen-bond acceptors (Lipinski definition) is 5. The first-order valence-corrected chi connectivity index (χ1v) is 11.8. The van der Waals surface area contributed by atoms with Crippen LogP contribution in [0.4, 0.5) is 0 Å². The summed E-state index contributed by atoms with van der Waals surface area (Å²) in [6, 6.07) is 18.6. The minimum absolute atomic E-state index is 0.0209. The van der Waals surface area contributed by atoms with Crippen LogP contribution in [0.15, 0.2) is 59.4 Å². The van der Waals surface area contributed by atoms with Gasteiger partial charge < -0.3 is 9.72 Å². The molecule has 2 aromatic heterocycles. The van der Waals surface area contributed by atoms with Crippen molar-refractivity contribution >= 4 is 21.6 Å². The summed E-state index contributed by atoms with van der Waals surface area (Å²) in [6.07, 6.45) is 0.133. The van der Waals surface area contributed by atoms with E-state index in [1.807, 2.05) is 18.2 Å². The van der Waals surface area contributed by atoms with Crippen molar-refractivity contribution in [1.82, 2.24) is 14.9 Å². The fraction of sp³-hybridized carbons (Fsp3) is 0.308. The molecule has 1 saturated heterocycles. The molecule has 5 nitrogen and oxygen atoms in total. The van der Waals surface area contributed by atoms with E-state index >= 15 is 0 Å². The van der Waals surface area contributed by atoms with Crippen molar-refractivity contribution in [3.63, 3.8) is 0 Å². The van der Waals surface area contributed by atoms with Crippen molar-refractivity contribution < 1.29 is 4.74 Å². The first-order chi connectivity index (χ1) is 15.5. The monoisotopic (exact) mass is 445 g/mol. The first-order valence-electron chi connectivity index (χ1n) is 11.0. The zero-order valence-electron chi connectivity index (χ0n) is 18.6. The molecule has 6 heteroatoms. The van der Waals surface area contributed by atoms with Gasteiger partial charge in [-0.15, -0.1) is 11.3 Å². The summed E-state index contributed by atoms with van der Waals surface area (Å²) >= 11 is 1.59. The molecule has 0 spiro atoms. The molecule has 5 rings (SSSR count). The summed E-state index contributed by atoms with van der Waals surface area (Å²) < 4.78 is 6.18. The Hall–Kier alpha value is -2.80. The predicted octanol–water partition coefficient (Wildman–Crippen LogP) is 5.23. The molecule has 1 aliphatic rings. The van der Waals surface area contributed by atoms with Gasteiger partial charge in [-0.1, -0.05) is 60.2 Å². The molecule has 0 bridgehead atoms. The van der Waals surface area contributed by atoms with Crippen LogP contribution >= 0.6 is 11.3 Å². The molecule has 4 aromatic rings. The number of hydrogen-bond donors (Lipinski definition) is 1. The normalized spacial score (nSPS) is 19.5. The molecule has 0 radical (unpaired) electrons. The number of rotatable bonds is 4. The lowest BCUT2D eigenvalue weighted by Crippen LogP contribution is -2.42. The number of aryl methyl sites for hydroxylation is 2. The molecule has 1 fully saturated rings. The summed E-state index contributed by atoms with van der Waals surface area (Å²) in [4.78, 5) is 25.3. The molecule has 0 aliphatic carbocycles. The number of H-pyrrole nitrogens is 1. The summed E-state index contributed by atoms with van der Waals surface area (Å²) in [6.45, 7) is 8.40. The predicted molar refractivity (Wildman–Crippen MR) is 130 cm³/mol. The van der Waals surface area contributed by atoms with Crippen LogP contribution in [0.25, 0.3) is 21.3 Å². The average molecular weight is 446 g/mol. The lowest BCUT2D eigenvalue weighted by molar-refractivity contribution is -0.0819.